The molecule has 7 heteroatoms. The molecular formula is C17H31N2O4P. The molecule has 0 N–H and O–H groups in total. The Labute approximate surface area is 148 Å². The summed E-state index contributed by atoms with van der Waals surface area (Å²) in [6.45, 7) is 12.7. The molecule has 0 radical (unpaired) electrons. The lowest BCUT2D eigenvalue weighted by Crippen LogP contribution is -2.44. The van der Waals surface area contributed by atoms with E-state index in [0.29, 0.717) is 13.0 Å². The van der Waals surface area contributed by atoms with Gasteiger partial charge < -0.3 is 18.5 Å². The summed E-state index contributed by atoms with van der Waals surface area (Å²) in [5, 5.41) is 8.82. The van der Waals surface area contributed by atoms with E-state index in [9.17, 15) is 0 Å². The van der Waals surface area contributed by atoms with Crippen molar-refractivity contribution in [2.24, 2.45) is 0 Å². The van der Waals surface area contributed by atoms with Crippen molar-refractivity contribution < 1.29 is 19.9 Å². The number of rotatable bonds is 8. The first-order chi connectivity index (χ1) is 11.8. The van der Waals surface area contributed by atoms with Crippen LogP contribution in [0.5, 0.6) is 0 Å². The summed E-state index contributed by atoms with van der Waals surface area (Å²) in [6.07, 6.45) is -0.481. The van der Waals surface area contributed by atoms with Crippen LogP contribution >= 0.6 is 8.53 Å². The van der Waals surface area contributed by atoms with Crippen LogP contribution in [0.3, 0.4) is 0 Å². The summed E-state index contributed by atoms with van der Waals surface area (Å²) in [4.78, 5) is 0. The highest BCUT2D eigenvalue weighted by molar-refractivity contribution is 7.44. The molecule has 0 aromatic heterocycles. The molecule has 2 aliphatic rings. The predicted octanol–water partition coefficient (Wildman–Crippen LogP) is 3.61. The van der Waals surface area contributed by atoms with Crippen molar-refractivity contribution in [3.05, 3.63) is 0 Å². The van der Waals surface area contributed by atoms with Crippen LogP contribution in [0.2, 0.25) is 0 Å². The van der Waals surface area contributed by atoms with Gasteiger partial charge in [0.15, 0.2) is 0 Å². The Balaban J connectivity index is 2.22. The molecule has 2 saturated heterocycles. The lowest BCUT2D eigenvalue weighted by Gasteiger charge is -2.38. The summed E-state index contributed by atoms with van der Waals surface area (Å²) in [5.41, 5.74) is -0.747. The second-order valence-electron chi connectivity index (χ2n) is 7.09. The lowest BCUT2D eigenvalue weighted by molar-refractivity contribution is -0.167. The molecule has 0 saturated carbocycles. The fraction of sp³-hybridized carbons (Fsp3) is 0.941. The molecule has 0 amide bonds. The third-order valence-corrected chi connectivity index (χ3v) is 6.68. The molecule has 0 aromatic carbocycles. The molecule has 2 aliphatic heterocycles. The molecule has 2 rings (SSSR count). The van der Waals surface area contributed by atoms with E-state index in [1.54, 1.807) is 0 Å². The zero-order valence-electron chi connectivity index (χ0n) is 16.6. The smallest absolute Gasteiger partial charge is 0.259 e. The summed E-state index contributed by atoms with van der Waals surface area (Å²) in [6, 6.07) is 2.57. The van der Waals surface area contributed by atoms with Crippen molar-refractivity contribution in [3.63, 3.8) is 0 Å². The maximum absolute atomic E-state index is 8.82. The van der Waals surface area contributed by atoms with Gasteiger partial charge in [-0.3, -0.25) is 0 Å². The summed E-state index contributed by atoms with van der Waals surface area (Å²) < 4.78 is 34.8. The van der Waals surface area contributed by atoms with Crippen LogP contribution < -0.4 is 0 Å². The molecule has 6 nitrogen and oxygen atoms in total. The third kappa shape index (κ3) is 3.77. The highest BCUT2D eigenvalue weighted by atomic mass is 31.2. The van der Waals surface area contributed by atoms with Crippen LogP contribution in [0.1, 0.15) is 56.2 Å². The number of nitriles is 1. The number of hydrogen-bond acceptors (Lipinski definition) is 6. The molecule has 6 atom stereocenters. The molecule has 0 aliphatic carbocycles. The predicted molar refractivity (Wildman–Crippen MR) is 93.4 cm³/mol. The molecule has 2 heterocycles. The standard InChI is InChI=1S/C17H31N2O4P/c1-11(2)19(12(3)4)24(20-10-8-9-18)23-16-15-13(5)22-17(16,7)14(6)21-15/h11-16H,8,10H2,1-7H3/t13-,14?,15+,16+,17+,24?/m0/s1/i7D. The van der Waals surface area contributed by atoms with Gasteiger partial charge in [0.2, 0.25) is 0 Å². The van der Waals surface area contributed by atoms with Gasteiger partial charge in [0.05, 0.1) is 31.3 Å². The summed E-state index contributed by atoms with van der Waals surface area (Å²) in [5.74, 6) is 0. The summed E-state index contributed by atoms with van der Waals surface area (Å²) in [7, 11) is -1.38. The van der Waals surface area contributed by atoms with Gasteiger partial charge in [-0.15, -0.1) is 0 Å². The van der Waals surface area contributed by atoms with E-state index in [0.717, 1.165) is 0 Å². The molecular weight excluding hydrogens is 327 g/mol. The van der Waals surface area contributed by atoms with E-state index in [1.807, 2.05) is 13.8 Å². The fourth-order valence-electron chi connectivity index (χ4n) is 3.41. The number of hydrogen-bond donors (Lipinski definition) is 0. The minimum absolute atomic E-state index is 0.0877. The Bertz CT molecular complexity index is 482. The first kappa shape index (κ1) is 18.5. The second-order valence-corrected chi connectivity index (χ2v) is 8.50. The molecule has 0 aromatic rings. The van der Waals surface area contributed by atoms with Crippen LogP contribution in [0.4, 0.5) is 0 Å². The van der Waals surface area contributed by atoms with Gasteiger partial charge in [0.1, 0.15) is 17.8 Å². The van der Waals surface area contributed by atoms with Gasteiger partial charge in [0.25, 0.3) is 8.53 Å². The zero-order chi connectivity index (χ0) is 18.8. The van der Waals surface area contributed by atoms with Crippen LogP contribution in [0.25, 0.3) is 0 Å². The monoisotopic (exact) mass is 359 g/mol. The quantitative estimate of drug-likeness (QED) is 0.487. The largest absolute Gasteiger partial charge is 0.367 e. The highest BCUT2D eigenvalue weighted by Gasteiger charge is 2.63. The first-order valence-electron chi connectivity index (χ1n) is 9.36. The van der Waals surface area contributed by atoms with Crippen molar-refractivity contribution in [2.45, 2.75) is 97.0 Å². The minimum Gasteiger partial charge on any atom is -0.367 e. The van der Waals surface area contributed by atoms with Crippen LogP contribution in [0.15, 0.2) is 0 Å². The Kier molecular flexibility index (Phi) is 6.13. The van der Waals surface area contributed by atoms with Crippen molar-refractivity contribution in [2.75, 3.05) is 6.61 Å². The Morgan fingerprint density at radius 1 is 1.33 bits per heavy atom. The average molecular weight is 359 g/mol. The third-order valence-electron chi connectivity index (χ3n) is 4.56. The van der Waals surface area contributed by atoms with E-state index in [-0.39, 0.29) is 43.4 Å². The van der Waals surface area contributed by atoms with E-state index in [1.165, 1.54) is 0 Å². The van der Waals surface area contributed by atoms with Crippen LogP contribution in [-0.2, 0) is 18.5 Å². The number of nitrogens with zero attached hydrogens (tertiary/aromatic N) is 2. The van der Waals surface area contributed by atoms with E-state index in [2.05, 4.69) is 38.4 Å². The maximum Gasteiger partial charge on any atom is 0.259 e. The van der Waals surface area contributed by atoms with E-state index < -0.39 is 14.1 Å². The number of ether oxygens (including phenoxy) is 2. The van der Waals surface area contributed by atoms with Gasteiger partial charge in [-0.05, 0) is 48.4 Å². The van der Waals surface area contributed by atoms with Crippen molar-refractivity contribution in [1.29, 1.82) is 5.26 Å². The molecule has 138 valence electrons. The Hall–Kier alpha value is -0.280. The SMILES string of the molecule is [2H]C[C@@]12O[C@@H](C)[C@@H](OC1C)[C@H]2OP(OCCC#N)N(C(C)C)C(C)C. The topological polar surface area (TPSA) is 64.0 Å². The van der Waals surface area contributed by atoms with Crippen molar-refractivity contribution in [1.82, 2.24) is 4.67 Å². The van der Waals surface area contributed by atoms with E-state index in [4.69, 9.17) is 25.2 Å². The second kappa shape index (κ2) is 7.95. The Morgan fingerprint density at radius 3 is 2.54 bits per heavy atom. The maximum atomic E-state index is 8.82. The van der Waals surface area contributed by atoms with Gasteiger partial charge in [-0.25, -0.2) is 4.67 Å². The first-order valence-corrected chi connectivity index (χ1v) is 9.79. The Morgan fingerprint density at radius 2 is 2.00 bits per heavy atom. The normalized spacial score (nSPS) is 37.2. The fourth-order valence-corrected chi connectivity index (χ4v) is 5.20. The van der Waals surface area contributed by atoms with Crippen molar-refractivity contribution in [3.8, 4) is 6.07 Å². The lowest BCUT2D eigenvalue weighted by atomic mass is 9.96. The highest BCUT2D eigenvalue weighted by Crippen LogP contribution is 2.54. The molecule has 2 bridgehead atoms. The molecule has 2 fully saturated rings. The molecule has 24 heavy (non-hydrogen) atoms. The van der Waals surface area contributed by atoms with Gasteiger partial charge in [-0.1, -0.05) is 0 Å². The minimum atomic E-state index is -1.38. The van der Waals surface area contributed by atoms with Crippen LogP contribution in [-0.4, -0.2) is 53.4 Å². The number of fused-ring (bicyclic) bond motifs is 2. The van der Waals surface area contributed by atoms with Crippen molar-refractivity contribution >= 4 is 8.53 Å². The van der Waals surface area contributed by atoms with Gasteiger partial charge in [-0.2, -0.15) is 5.26 Å². The molecule has 2 unspecified atom stereocenters. The summed E-state index contributed by atoms with van der Waals surface area (Å²) >= 11 is 0. The zero-order valence-corrected chi connectivity index (χ0v) is 16.5. The van der Waals surface area contributed by atoms with E-state index >= 15 is 0 Å². The van der Waals surface area contributed by atoms with Gasteiger partial charge in [0, 0.05) is 13.5 Å². The van der Waals surface area contributed by atoms with Crippen LogP contribution in [0, 0.1) is 11.3 Å². The average Bonchev–Trinajstić information content (AvgIpc) is 2.94. The van der Waals surface area contributed by atoms with Gasteiger partial charge >= 0.3 is 0 Å². The molecule has 0 spiro atoms.